The number of nitriles is 1. The molecule has 0 radical (unpaired) electrons. The highest BCUT2D eigenvalue weighted by Gasteiger charge is 2.12. The van der Waals surface area contributed by atoms with E-state index in [2.05, 4.69) is 37.9 Å². The van der Waals surface area contributed by atoms with Gasteiger partial charge in [0.25, 0.3) is 0 Å². The van der Waals surface area contributed by atoms with E-state index in [0.717, 1.165) is 25.6 Å². The van der Waals surface area contributed by atoms with E-state index in [1.807, 2.05) is 72.8 Å². The summed E-state index contributed by atoms with van der Waals surface area (Å²) >= 11 is 7.00. The maximum atomic E-state index is 9.53. The van der Waals surface area contributed by atoms with Crippen molar-refractivity contribution in [2.45, 2.75) is 6.61 Å². The lowest BCUT2D eigenvalue weighted by molar-refractivity contribution is 0.282. The lowest BCUT2D eigenvalue weighted by Gasteiger charge is -2.14. The monoisotopic (exact) mass is 497 g/mol. The second-order valence-electron chi connectivity index (χ2n) is 5.99. The summed E-state index contributed by atoms with van der Waals surface area (Å²) in [5.74, 6) is 1.23. The lowest BCUT2D eigenvalue weighted by Crippen LogP contribution is -1.99. The Bertz CT molecular complexity index is 1020. The van der Waals surface area contributed by atoms with Crippen LogP contribution < -0.4 is 9.47 Å². The highest BCUT2D eigenvalue weighted by molar-refractivity contribution is 9.10. The molecule has 28 heavy (non-hydrogen) atoms. The first kappa shape index (κ1) is 20.2. The Labute approximate surface area is 181 Å². The highest BCUT2D eigenvalue weighted by atomic mass is 79.9. The van der Waals surface area contributed by atoms with Gasteiger partial charge in [-0.3, -0.25) is 0 Å². The van der Waals surface area contributed by atoms with Crippen molar-refractivity contribution in [3.05, 3.63) is 92.4 Å². The molecule has 3 nitrogen and oxygen atoms in total. The summed E-state index contributed by atoms with van der Waals surface area (Å²) in [6.45, 7) is 0.422. The minimum atomic E-state index is 0.422. The summed E-state index contributed by atoms with van der Waals surface area (Å²) in [6, 6.07) is 23.6. The van der Waals surface area contributed by atoms with Crippen LogP contribution in [0.15, 0.2) is 75.7 Å². The quantitative estimate of drug-likeness (QED) is 0.275. The van der Waals surface area contributed by atoms with Crippen molar-refractivity contribution in [1.82, 2.24) is 0 Å². The van der Waals surface area contributed by atoms with Crippen LogP contribution >= 0.6 is 31.9 Å². The van der Waals surface area contributed by atoms with Crippen molar-refractivity contribution in [3.8, 4) is 17.6 Å². The van der Waals surface area contributed by atoms with Gasteiger partial charge in [0.05, 0.1) is 23.2 Å². The van der Waals surface area contributed by atoms with Crippen molar-refractivity contribution < 1.29 is 9.47 Å². The number of halogens is 2. The van der Waals surface area contributed by atoms with Gasteiger partial charge < -0.3 is 9.47 Å². The third-order valence-electron chi connectivity index (χ3n) is 4.06. The van der Waals surface area contributed by atoms with E-state index in [1.165, 1.54) is 0 Å². The molecule has 0 amide bonds. The minimum absolute atomic E-state index is 0.422. The van der Waals surface area contributed by atoms with E-state index in [4.69, 9.17) is 9.47 Å². The van der Waals surface area contributed by atoms with Gasteiger partial charge in [-0.05, 0) is 63.0 Å². The largest absolute Gasteiger partial charge is 0.493 e. The maximum absolute atomic E-state index is 9.53. The molecule has 0 bridgehead atoms. The molecule has 0 saturated carbocycles. The molecule has 5 heteroatoms. The third-order valence-corrected chi connectivity index (χ3v) is 5.18. The van der Waals surface area contributed by atoms with Crippen molar-refractivity contribution in [3.63, 3.8) is 0 Å². The lowest BCUT2D eigenvalue weighted by atomic mass is 10.0. The minimum Gasteiger partial charge on any atom is -0.493 e. The van der Waals surface area contributed by atoms with Gasteiger partial charge in [-0.15, -0.1) is 0 Å². The average molecular weight is 499 g/mol. The van der Waals surface area contributed by atoms with E-state index in [9.17, 15) is 5.26 Å². The number of methoxy groups -OCH3 is 1. The molecule has 0 N–H and O–H groups in total. The molecule has 3 aromatic carbocycles. The fourth-order valence-corrected chi connectivity index (χ4v) is 3.50. The zero-order chi connectivity index (χ0) is 19.9. The molecule has 0 spiro atoms. The van der Waals surface area contributed by atoms with Crippen LogP contribution in [0.5, 0.6) is 11.5 Å². The highest BCUT2D eigenvalue weighted by Crippen LogP contribution is 2.38. The summed E-state index contributed by atoms with van der Waals surface area (Å²) in [4.78, 5) is 0. The maximum Gasteiger partial charge on any atom is 0.175 e. The van der Waals surface area contributed by atoms with Crippen molar-refractivity contribution >= 4 is 43.5 Å². The van der Waals surface area contributed by atoms with Crippen LogP contribution in [-0.2, 0) is 6.61 Å². The van der Waals surface area contributed by atoms with Crippen LogP contribution in [0.25, 0.3) is 11.6 Å². The molecule has 0 saturated heterocycles. The van der Waals surface area contributed by atoms with Gasteiger partial charge in [0.1, 0.15) is 6.61 Å². The molecule has 0 unspecified atom stereocenters. The number of hydrogen-bond acceptors (Lipinski definition) is 3. The standard InChI is InChI=1S/C23H17Br2NO2/c1-27-22-13-17(11-19(14-26)18-5-3-2-4-6-18)12-21(25)23(22)28-15-16-7-9-20(24)10-8-16/h2-13H,15H2,1H3/b19-11-. The van der Waals surface area contributed by atoms with Gasteiger partial charge in [-0.2, -0.15) is 5.26 Å². The van der Waals surface area contributed by atoms with Crippen LogP contribution in [0, 0.1) is 11.3 Å². The number of hydrogen-bond donors (Lipinski definition) is 0. The summed E-state index contributed by atoms with van der Waals surface area (Å²) in [5, 5.41) is 9.53. The molecule has 0 aliphatic carbocycles. The van der Waals surface area contributed by atoms with Crippen LogP contribution in [0.3, 0.4) is 0 Å². The molecule has 0 fully saturated rings. The second kappa shape index (κ2) is 9.59. The summed E-state index contributed by atoms with van der Waals surface area (Å²) in [6.07, 6.45) is 1.83. The molecule has 0 heterocycles. The first-order chi connectivity index (χ1) is 13.6. The Hall–Kier alpha value is -2.55. The van der Waals surface area contributed by atoms with Crippen LogP contribution in [-0.4, -0.2) is 7.11 Å². The Morgan fingerprint density at radius 3 is 2.39 bits per heavy atom. The molecule has 0 aromatic heterocycles. The fourth-order valence-electron chi connectivity index (χ4n) is 2.66. The predicted octanol–water partition coefficient (Wildman–Crippen LogP) is 6.86. The van der Waals surface area contributed by atoms with Crippen molar-refractivity contribution in [2.75, 3.05) is 7.11 Å². The molecule has 3 rings (SSSR count). The average Bonchev–Trinajstić information content (AvgIpc) is 2.72. The SMILES string of the molecule is COc1cc(/C=C(/C#N)c2ccccc2)cc(Br)c1OCc1ccc(Br)cc1. The number of rotatable bonds is 6. The van der Waals surface area contributed by atoms with Gasteiger partial charge in [0.15, 0.2) is 11.5 Å². The van der Waals surface area contributed by atoms with Gasteiger partial charge in [0, 0.05) is 4.47 Å². The zero-order valence-electron chi connectivity index (χ0n) is 15.2. The molecule has 0 aliphatic rings. The summed E-state index contributed by atoms with van der Waals surface area (Å²) in [7, 11) is 1.60. The van der Waals surface area contributed by atoms with Crippen molar-refractivity contribution in [2.24, 2.45) is 0 Å². The Kier molecular flexibility index (Phi) is 6.91. The van der Waals surface area contributed by atoms with Crippen molar-refractivity contribution in [1.29, 1.82) is 5.26 Å². The molecule has 0 atom stereocenters. The summed E-state index contributed by atoms with van der Waals surface area (Å²) in [5.41, 5.74) is 3.35. The van der Waals surface area contributed by atoms with Gasteiger partial charge >= 0.3 is 0 Å². The smallest absolute Gasteiger partial charge is 0.175 e. The third kappa shape index (κ3) is 5.03. The van der Waals surface area contributed by atoms with E-state index in [-0.39, 0.29) is 0 Å². The van der Waals surface area contributed by atoms with E-state index < -0.39 is 0 Å². The second-order valence-corrected chi connectivity index (χ2v) is 7.76. The first-order valence-electron chi connectivity index (χ1n) is 8.52. The molecular weight excluding hydrogens is 482 g/mol. The molecule has 3 aromatic rings. The number of benzene rings is 3. The van der Waals surface area contributed by atoms with Crippen LogP contribution in [0.4, 0.5) is 0 Å². The fraction of sp³-hybridized carbons (Fsp3) is 0.0870. The molecule has 140 valence electrons. The number of ether oxygens (including phenoxy) is 2. The molecular formula is C23H17Br2NO2. The topological polar surface area (TPSA) is 42.2 Å². The summed E-state index contributed by atoms with van der Waals surface area (Å²) < 4.78 is 13.3. The first-order valence-corrected chi connectivity index (χ1v) is 10.1. The Morgan fingerprint density at radius 2 is 1.75 bits per heavy atom. The van der Waals surface area contributed by atoms with Crippen LogP contribution in [0.1, 0.15) is 16.7 Å². The zero-order valence-corrected chi connectivity index (χ0v) is 18.3. The van der Waals surface area contributed by atoms with E-state index in [1.54, 1.807) is 7.11 Å². The van der Waals surface area contributed by atoms with Gasteiger partial charge in [0.2, 0.25) is 0 Å². The van der Waals surface area contributed by atoms with Gasteiger partial charge in [-0.25, -0.2) is 0 Å². The van der Waals surface area contributed by atoms with E-state index in [0.29, 0.717) is 23.7 Å². The van der Waals surface area contributed by atoms with Gasteiger partial charge in [-0.1, -0.05) is 58.4 Å². The molecule has 0 aliphatic heterocycles. The Morgan fingerprint density at radius 1 is 1.04 bits per heavy atom. The number of allylic oxidation sites excluding steroid dienone is 1. The normalized spacial score (nSPS) is 11.0. The van der Waals surface area contributed by atoms with Crippen LogP contribution in [0.2, 0.25) is 0 Å². The number of nitrogens with zero attached hydrogens (tertiary/aromatic N) is 1. The predicted molar refractivity (Wildman–Crippen MR) is 119 cm³/mol. The Balaban J connectivity index is 1.88. The van der Waals surface area contributed by atoms with E-state index >= 15 is 0 Å².